The number of phenolic OH excluding ortho intramolecular Hbond substituents is 1. The van der Waals surface area contributed by atoms with Crippen LogP contribution in [0.3, 0.4) is 0 Å². The molecule has 6 rings (SSSR count). The van der Waals surface area contributed by atoms with Crippen molar-refractivity contribution in [3.8, 4) is 5.75 Å². The van der Waals surface area contributed by atoms with Gasteiger partial charge in [-0.2, -0.15) is 0 Å². The molecule has 252 valence electrons. The van der Waals surface area contributed by atoms with Crippen LogP contribution < -0.4 is 21.9 Å². The summed E-state index contributed by atoms with van der Waals surface area (Å²) in [4.78, 5) is 42.8. The first-order chi connectivity index (χ1) is 23.8. The van der Waals surface area contributed by atoms with Crippen molar-refractivity contribution < 1.29 is 19.8 Å². The number of rotatable bonds is 13. The number of aliphatic hydroxyl groups excluding tert-OH is 1. The third kappa shape index (κ3) is 7.12. The van der Waals surface area contributed by atoms with E-state index in [4.69, 9.17) is 5.73 Å². The number of hydrogen-bond donors (Lipinski definition) is 6. The fourth-order valence-corrected chi connectivity index (χ4v) is 7.13. The predicted molar refractivity (Wildman–Crippen MR) is 189 cm³/mol. The van der Waals surface area contributed by atoms with Crippen molar-refractivity contribution in [1.82, 2.24) is 20.5 Å². The number of nitrogens with zero attached hydrogens (tertiary/aromatic N) is 1. The highest BCUT2D eigenvalue weighted by Gasteiger charge is 2.49. The standard InChI is InChI=1S/C39H41N5O5/c40-38(49)39(28-7-3-1-4-8-28,29-9-5-2-6-10-29)30-19-21-44(25-30)22-20-42-37(48)27-13-11-26(12-14-27)23-41-24-34(46)31-15-17-33(45)36-32(31)16-18-35(47)43-36/h1-18,30,34,41,45-46H,19-25H2,(H2,40,49)(H,42,48)(H,43,47). The Hall–Kier alpha value is -5.29. The molecule has 49 heavy (non-hydrogen) atoms. The summed E-state index contributed by atoms with van der Waals surface area (Å²) in [7, 11) is 0. The zero-order valence-electron chi connectivity index (χ0n) is 27.1. The van der Waals surface area contributed by atoms with Gasteiger partial charge < -0.3 is 36.5 Å². The number of aromatic hydroxyl groups is 1. The minimum atomic E-state index is -0.948. The number of pyridine rings is 1. The summed E-state index contributed by atoms with van der Waals surface area (Å²) in [6.45, 7) is 3.32. The minimum Gasteiger partial charge on any atom is -0.506 e. The first-order valence-corrected chi connectivity index (χ1v) is 16.5. The van der Waals surface area contributed by atoms with Crippen LogP contribution in [0.4, 0.5) is 0 Å². The monoisotopic (exact) mass is 659 g/mol. The van der Waals surface area contributed by atoms with Crippen LogP contribution in [0.15, 0.2) is 114 Å². The summed E-state index contributed by atoms with van der Waals surface area (Å²) in [5.74, 6) is -0.592. The third-order valence-electron chi connectivity index (χ3n) is 9.59. The predicted octanol–water partition coefficient (Wildman–Crippen LogP) is 3.58. The van der Waals surface area contributed by atoms with Gasteiger partial charge >= 0.3 is 0 Å². The van der Waals surface area contributed by atoms with Gasteiger partial charge in [-0.15, -0.1) is 0 Å². The fraction of sp³-hybridized carbons (Fsp3) is 0.256. The van der Waals surface area contributed by atoms with Crippen molar-refractivity contribution in [2.24, 2.45) is 11.7 Å². The molecule has 2 heterocycles. The van der Waals surface area contributed by atoms with Crippen LogP contribution in [-0.2, 0) is 16.8 Å². The number of primary amides is 1. The number of aromatic nitrogens is 1. The first kappa shape index (κ1) is 33.6. The summed E-state index contributed by atoms with van der Waals surface area (Å²) in [6.07, 6.45) is -0.0617. The number of hydrogen-bond acceptors (Lipinski definition) is 7. The second-order valence-corrected chi connectivity index (χ2v) is 12.6. The average Bonchev–Trinajstić information content (AvgIpc) is 3.59. The number of likely N-dealkylation sites (tertiary alicyclic amines) is 1. The van der Waals surface area contributed by atoms with Gasteiger partial charge in [-0.05, 0) is 65.4 Å². The lowest BCUT2D eigenvalue weighted by Gasteiger charge is -2.37. The van der Waals surface area contributed by atoms with Gasteiger partial charge in [0, 0.05) is 49.7 Å². The summed E-state index contributed by atoms with van der Waals surface area (Å²) >= 11 is 0. The molecular formula is C39H41N5O5. The number of carbonyl (C=O) groups excluding carboxylic acids is 2. The Morgan fingerprint density at radius 1 is 0.918 bits per heavy atom. The molecule has 1 aromatic heterocycles. The van der Waals surface area contributed by atoms with Crippen LogP contribution >= 0.6 is 0 Å². The molecule has 1 saturated heterocycles. The molecule has 1 aliphatic rings. The number of fused-ring (bicyclic) bond motifs is 1. The zero-order chi connectivity index (χ0) is 34.4. The number of aliphatic hydroxyl groups is 1. The van der Waals surface area contributed by atoms with Gasteiger partial charge in [-0.3, -0.25) is 14.4 Å². The maximum Gasteiger partial charge on any atom is 0.251 e. The van der Waals surface area contributed by atoms with E-state index in [1.165, 1.54) is 12.1 Å². The molecule has 2 unspecified atom stereocenters. The Labute approximate surface area is 284 Å². The van der Waals surface area contributed by atoms with Gasteiger partial charge in [-0.1, -0.05) is 78.9 Å². The van der Waals surface area contributed by atoms with E-state index in [1.54, 1.807) is 24.3 Å². The van der Waals surface area contributed by atoms with Gasteiger partial charge in [0.15, 0.2) is 0 Å². The van der Waals surface area contributed by atoms with E-state index in [0.717, 1.165) is 29.7 Å². The smallest absolute Gasteiger partial charge is 0.251 e. The molecule has 7 N–H and O–H groups in total. The summed E-state index contributed by atoms with van der Waals surface area (Å²) in [6, 6.07) is 32.9. The molecule has 10 nitrogen and oxygen atoms in total. The van der Waals surface area contributed by atoms with Gasteiger partial charge in [0.2, 0.25) is 11.5 Å². The molecule has 5 aromatic rings. The maximum absolute atomic E-state index is 13.3. The van der Waals surface area contributed by atoms with Crippen molar-refractivity contribution in [2.45, 2.75) is 24.5 Å². The molecule has 4 aromatic carbocycles. The lowest BCUT2D eigenvalue weighted by Crippen LogP contribution is -2.49. The molecule has 0 saturated carbocycles. The summed E-state index contributed by atoms with van der Waals surface area (Å²) in [5, 5.41) is 27.7. The largest absolute Gasteiger partial charge is 0.506 e. The number of amides is 2. The van der Waals surface area contributed by atoms with E-state index < -0.39 is 11.5 Å². The van der Waals surface area contributed by atoms with Crippen LogP contribution in [0.25, 0.3) is 10.9 Å². The number of nitrogens with two attached hydrogens (primary N) is 1. The molecule has 2 amide bonds. The lowest BCUT2D eigenvalue weighted by molar-refractivity contribution is -0.123. The SMILES string of the molecule is NC(=O)C(c1ccccc1)(c1ccccc1)C1CCN(CCNC(=O)c2ccc(CNCC(O)c3ccc(O)c4[nH]c(=O)ccc34)cc2)C1. The lowest BCUT2D eigenvalue weighted by atomic mass is 9.64. The Balaban J connectivity index is 1.00. The molecule has 10 heteroatoms. The quantitative estimate of drug-likeness (QED) is 0.113. The van der Waals surface area contributed by atoms with E-state index in [9.17, 15) is 24.6 Å². The first-order valence-electron chi connectivity index (χ1n) is 16.5. The minimum absolute atomic E-state index is 0.0151. The molecule has 1 fully saturated rings. The Bertz CT molecular complexity index is 1920. The van der Waals surface area contributed by atoms with Crippen molar-refractivity contribution in [3.05, 3.63) is 147 Å². The molecule has 0 aliphatic carbocycles. The molecule has 0 spiro atoms. The van der Waals surface area contributed by atoms with E-state index in [2.05, 4.69) is 20.5 Å². The fourth-order valence-electron chi connectivity index (χ4n) is 7.13. The topological polar surface area (TPSA) is 161 Å². The number of phenols is 1. The Morgan fingerprint density at radius 3 is 2.24 bits per heavy atom. The summed E-state index contributed by atoms with van der Waals surface area (Å²) < 4.78 is 0. The summed E-state index contributed by atoms with van der Waals surface area (Å²) in [5.41, 5.74) is 9.11. The van der Waals surface area contributed by atoms with Crippen molar-refractivity contribution in [3.63, 3.8) is 0 Å². The van der Waals surface area contributed by atoms with Crippen LogP contribution in [0.2, 0.25) is 0 Å². The highest BCUT2D eigenvalue weighted by molar-refractivity contribution is 5.94. The maximum atomic E-state index is 13.3. The number of nitrogens with one attached hydrogen (secondary N) is 3. The van der Waals surface area contributed by atoms with E-state index in [1.807, 2.05) is 72.8 Å². The van der Waals surface area contributed by atoms with Crippen molar-refractivity contribution in [2.75, 3.05) is 32.7 Å². The highest BCUT2D eigenvalue weighted by atomic mass is 16.3. The Morgan fingerprint density at radius 2 is 1.59 bits per heavy atom. The van der Waals surface area contributed by atoms with E-state index in [-0.39, 0.29) is 35.6 Å². The average molecular weight is 660 g/mol. The van der Waals surface area contributed by atoms with E-state index >= 15 is 0 Å². The molecular weight excluding hydrogens is 618 g/mol. The molecule has 0 radical (unpaired) electrons. The second kappa shape index (κ2) is 14.9. The zero-order valence-corrected chi connectivity index (χ0v) is 27.1. The number of aromatic amines is 1. The van der Waals surface area contributed by atoms with Gasteiger partial charge in [0.25, 0.3) is 5.91 Å². The van der Waals surface area contributed by atoms with E-state index in [0.29, 0.717) is 48.2 Å². The van der Waals surface area contributed by atoms with Gasteiger partial charge in [-0.25, -0.2) is 0 Å². The normalized spacial score (nSPS) is 15.7. The van der Waals surface area contributed by atoms with Crippen LogP contribution in [0, 0.1) is 5.92 Å². The number of benzene rings is 4. The molecule has 0 bridgehead atoms. The molecule has 1 aliphatic heterocycles. The second-order valence-electron chi connectivity index (χ2n) is 12.6. The number of carbonyl (C=O) groups is 2. The van der Waals surface area contributed by atoms with Crippen molar-refractivity contribution >= 4 is 22.7 Å². The highest BCUT2D eigenvalue weighted by Crippen LogP contribution is 2.43. The van der Waals surface area contributed by atoms with Crippen molar-refractivity contribution in [1.29, 1.82) is 0 Å². The van der Waals surface area contributed by atoms with Gasteiger partial charge in [0.05, 0.1) is 11.6 Å². The number of H-pyrrole nitrogens is 1. The molecule has 2 atom stereocenters. The third-order valence-corrected chi connectivity index (χ3v) is 9.59. The van der Waals surface area contributed by atoms with Crippen LogP contribution in [0.5, 0.6) is 5.75 Å². The van der Waals surface area contributed by atoms with Crippen LogP contribution in [-0.4, -0.2) is 64.6 Å². The van der Waals surface area contributed by atoms with Crippen LogP contribution in [0.1, 0.15) is 45.1 Å². The van der Waals surface area contributed by atoms with Gasteiger partial charge in [0.1, 0.15) is 11.2 Å². The Kier molecular flexibility index (Phi) is 10.2.